The lowest BCUT2D eigenvalue weighted by Crippen LogP contribution is -2.56. The first-order chi connectivity index (χ1) is 35.9. The van der Waals surface area contributed by atoms with Crippen LogP contribution in [-0.2, 0) is 10.8 Å². The fraction of sp³-hybridized carbons (Fsp3) is 0.268. The molecule has 1 aromatic heterocycles. The predicted octanol–water partition coefficient (Wildman–Crippen LogP) is 18.6. The molecule has 0 radical (unpaired) electrons. The number of hydrogen-bond donors (Lipinski definition) is 0. The molecule has 3 heterocycles. The van der Waals surface area contributed by atoms with E-state index in [2.05, 4.69) is 283 Å². The van der Waals surface area contributed by atoms with Gasteiger partial charge in [0.15, 0.2) is 0 Å². The lowest BCUT2D eigenvalue weighted by atomic mass is 9.33. The van der Waals surface area contributed by atoms with Crippen LogP contribution in [0.2, 0.25) is 0 Å². The quantitative estimate of drug-likeness (QED) is 0.101. The second-order valence-electron chi connectivity index (χ2n) is 25.0. The smallest absolute Gasteiger partial charge is 0.249 e. The van der Waals surface area contributed by atoms with E-state index in [0.29, 0.717) is 0 Å². The largest absolute Gasteiger partial charge is 0.456 e. The SMILES string of the molecule is C=C/C(=C\C=C\N1c2cc(C)cc3c2B(C(=C/C)/C=C\C1N(C(=C)/C=C\C(=C)C(C)(C)C)c1ccc(C(C)(C)C)cc1)c1cc(C(C)(C)C)ccc1N3c1ccc(-c2ccc3oc4ccccc4c3c2)cc1)C(C)(C)C. The number of fused-ring (bicyclic) bond motifs is 5. The maximum absolute atomic E-state index is 6.23. The topological polar surface area (TPSA) is 22.9 Å². The molecule has 0 bridgehead atoms. The molecule has 1 unspecified atom stereocenters. The zero-order valence-corrected chi connectivity index (χ0v) is 47.8. The number of benzene rings is 6. The molecule has 5 heteroatoms. The van der Waals surface area contributed by atoms with Crippen molar-refractivity contribution in [3.8, 4) is 11.1 Å². The molecule has 386 valence electrons. The Balaban J connectivity index is 1.30. The van der Waals surface area contributed by atoms with Gasteiger partial charge < -0.3 is 19.1 Å². The van der Waals surface area contributed by atoms with E-state index in [4.69, 9.17) is 11.0 Å². The minimum Gasteiger partial charge on any atom is -0.456 e. The van der Waals surface area contributed by atoms with Gasteiger partial charge in [0.1, 0.15) is 17.3 Å². The Morgan fingerprint density at radius 1 is 0.658 bits per heavy atom. The van der Waals surface area contributed by atoms with E-state index in [1.807, 2.05) is 18.2 Å². The average Bonchev–Trinajstić information content (AvgIpc) is 3.84. The number of hydrogen-bond acceptors (Lipinski definition) is 4. The molecule has 7 aromatic rings. The van der Waals surface area contributed by atoms with Gasteiger partial charge in [0.25, 0.3) is 0 Å². The maximum Gasteiger partial charge on any atom is 0.249 e. The normalized spacial score (nSPS) is 16.3. The molecular formula is C71H78BN3O. The molecule has 0 spiro atoms. The van der Waals surface area contributed by atoms with Crippen molar-refractivity contribution in [1.29, 1.82) is 0 Å². The van der Waals surface area contributed by atoms with Gasteiger partial charge in [0.05, 0.1) is 0 Å². The van der Waals surface area contributed by atoms with Crippen molar-refractivity contribution in [3.05, 3.63) is 235 Å². The van der Waals surface area contributed by atoms with Gasteiger partial charge in [0.2, 0.25) is 6.71 Å². The van der Waals surface area contributed by atoms with Gasteiger partial charge in [-0.3, -0.25) is 0 Å². The monoisotopic (exact) mass is 1000 g/mol. The van der Waals surface area contributed by atoms with E-state index in [0.717, 1.165) is 78.2 Å². The lowest BCUT2D eigenvalue weighted by molar-refractivity contribution is 0.517. The second kappa shape index (κ2) is 20.2. The Morgan fingerprint density at radius 2 is 1.30 bits per heavy atom. The third-order valence-electron chi connectivity index (χ3n) is 15.4. The van der Waals surface area contributed by atoms with Gasteiger partial charge in [-0.15, -0.1) is 0 Å². The molecule has 0 amide bonds. The van der Waals surface area contributed by atoms with Crippen LogP contribution < -0.4 is 25.6 Å². The van der Waals surface area contributed by atoms with E-state index in [1.165, 1.54) is 33.2 Å². The van der Waals surface area contributed by atoms with E-state index < -0.39 is 0 Å². The zero-order valence-electron chi connectivity index (χ0n) is 47.8. The highest BCUT2D eigenvalue weighted by atomic mass is 16.3. The van der Waals surface area contributed by atoms with Crippen LogP contribution in [0.25, 0.3) is 33.1 Å². The summed E-state index contributed by atoms with van der Waals surface area (Å²) >= 11 is 0. The van der Waals surface area contributed by atoms with E-state index in [9.17, 15) is 0 Å². The third-order valence-corrected chi connectivity index (χ3v) is 15.4. The number of aryl methyl sites for hydroxylation is 1. The van der Waals surface area contributed by atoms with Crippen LogP contribution in [0.3, 0.4) is 0 Å². The molecule has 1 atom stereocenters. The predicted molar refractivity (Wildman–Crippen MR) is 333 cm³/mol. The summed E-state index contributed by atoms with van der Waals surface area (Å²) in [4.78, 5) is 7.37. The molecule has 0 fully saturated rings. The Kier molecular flexibility index (Phi) is 14.2. The number of allylic oxidation sites excluding steroid dienone is 10. The highest BCUT2D eigenvalue weighted by Gasteiger charge is 2.42. The van der Waals surface area contributed by atoms with Crippen LogP contribution in [0.15, 0.2) is 223 Å². The summed E-state index contributed by atoms with van der Waals surface area (Å²) in [7, 11) is 0. The summed E-state index contributed by atoms with van der Waals surface area (Å²) in [5, 5.41) is 2.25. The first-order valence-electron chi connectivity index (χ1n) is 27.1. The average molecular weight is 1000 g/mol. The van der Waals surface area contributed by atoms with Crippen molar-refractivity contribution in [2.24, 2.45) is 10.8 Å². The Bertz CT molecular complexity index is 3550. The molecule has 6 aromatic carbocycles. The summed E-state index contributed by atoms with van der Waals surface area (Å²) in [5.74, 6) is 0. The van der Waals surface area contributed by atoms with Gasteiger partial charge in [0, 0.05) is 51.1 Å². The van der Waals surface area contributed by atoms with Crippen molar-refractivity contribution < 1.29 is 4.42 Å². The summed E-state index contributed by atoms with van der Waals surface area (Å²) in [6.07, 6.45) is 19.7. The Labute approximate surface area is 455 Å². The maximum atomic E-state index is 6.23. The van der Waals surface area contributed by atoms with Crippen LogP contribution in [0, 0.1) is 17.8 Å². The van der Waals surface area contributed by atoms with Gasteiger partial charge in [-0.25, -0.2) is 0 Å². The van der Waals surface area contributed by atoms with Gasteiger partial charge in [-0.05, 0) is 164 Å². The molecule has 0 N–H and O–H groups in total. The molecule has 0 aliphatic carbocycles. The fourth-order valence-electron chi connectivity index (χ4n) is 10.7. The standard InChI is InChI=1S/C71H78BN3O/c1-18-52(69(9,10)11)23-22-42-73-62-43-47(3)44-63-67(62)72(55(19-2)34-41-66(73)74(49(5)27-26-48(4)68(6,7)8)56-37-31-53(32-38-56)70(12,13)14)60-46-54(71(15,16)17)33-39-61(60)75(63)57-35-28-50(29-36-57)51-30-40-65-59(45-51)58-24-20-21-25-64(58)76-65/h18-46,66H,1,4-5H2,2-3,6-17H3/b27-26-,41-34-,42-22+,52-23+,55-19+. The number of nitrogens with zero attached hydrogens (tertiary/aromatic N) is 3. The van der Waals surface area contributed by atoms with E-state index in [-0.39, 0.29) is 34.5 Å². The number of furan rings is 1. The van der Waals surface area contributed by atoms with Crippen molar-refractivity contribution >= 4 is 68.0 Å². The molecule has 9 rings (SSSR count). The number of para-hydroxylation sites is 1. The van der Waals surface area contributed by atoms with Crippen LogP contribution in [0.4, 0.5) is 28.4 Å². The van der Waals surface area contributed by atoms with Crippen LogP contribution in [0.5, 0.6) is 0 Å². The molecule has 2 aliphatic heterocycles. The van der Waals surface area contributed by atoms with Gasteiger partial charge in [-0.1, -0.05) is 199 Å². The lowest BCUT2D eigenvalue weighted by Gasteiger charge is -2.45. The van der Waals surface area contributed by atoms with Gasteiger partial charge in [-0.2, -0.15) is 0 Å². The fourth-order valence-corrected chi connectivity index (χ4v) is 10.7. The molecule has 4 nitrogen and oxygen atoms in total. The summed E-state index contributed by atoms with van der Waals surface area (Å²) in [6, 6.07) is 45.0. The summed E-state index contributed by atoms with van der Waals surface area (Å²) < 4.78 is 6.23. The first-order valence-corrected chi connectivity index (χ1v) is 27.1. The summed E-state index contributed by atoms with van der Waals surface area (Å²) in [5.41, 5.74) is 19.9. The molecule has 2 aliphatic rings. The van der Waals surface area contributed by atoms with Crippen molar-refractivity contribution in [2.75, 3.05) is 14.7 Å². The first kappa shape index (κ1) is 53.3. The Hall–Kier alpha value is -7.50. The highest BCUT2D eigenvalue weighted by molar-refractivity contribution is 6.95. The molecule has 0 saturated heterocycles. The Morgan fingerprint density at radius 3 is 1.95 bits per heavy atom. The minimum absolute atomic E-state index is 0.0163. The highest BCUT2D eigenvalue weighted by Crippen LogP contribution is 2.44. The van der Waals surface area contributed by atoms with E-state index >= 15 is 0 Å². The third kappa shape index (κ3) is 10.4. The van der Waals surface area contributed by atoms with Crippen LogP contribution in [-0.4, -0.2) is 12.9 Å². The molecule has 76 heavy (non-hydrogen) atoms. The molecular weight excluding hydrogens is 922 g/mol. The zero-order chi connectivity index (χ0) is 54.6. The van der Waals surface area contributed by atoms with Crippen molar-refractivity contribution in [3.63, 3.8) is 0 Å². The number of anilines is 5. The number of rotatable bonds is 10. The van der Waals surface area contributed by atoms with E-state index in [1.54, 1.807) is 0 Å². The van der Waals surface area contributed by atoms with Crippen molar-refractivity contribution in [2.45, 2.75) is 114 Å². The van der Waals surface area contributed by atoms with Gasteiger partial charge >= 0.3 is 0 Å². The second-order valence-corrected chi connectivity index (χ2v) is 25.0. The van der Waals surface area contributed by atoms with Crippen LogP contribution in [0.1, 0.15) is 107 Å². The van der Waals surface area contributed by atoms with Crippen molar-refractivity contribution in [1.82, 2.24) is 0 Å². The minimum atomic E-state index is -0.367. The summed E-state index contributed by atoms with van der Waals surface area (Å²) in [6.45, 7) is 45.1. The van der Waals surface area contributed by atoms with Crippen LogP contribution >= 0.6 is 0 Å². The molecule has 0 saturated carbocycles.